The monoisotopic (exact) mass is 326 g/mol. The fraction of sp³-hybridized carbons (Fsp3) is 0.474. The predicted molar refractivity (Wildman–Crippen MR) is 90.5 cm³/mol. The highest BCUT2D eigenvalue weighted by molar-refractivity contribution is 5.94. The number of hydrogen-bond donors (Lipinski definition) is 0. The van der Waals surface area contributed by atoms with Crippen molar-refractivity contribution < 1.29 is 14.3 Å². The van der Waals surface area contributed by atoms with Crippen LogP contribution in [0.15, 0.2) is 17.7 Å². The lowest BCUT2D eigenvalue weighted by molar-refractivity contribution is -0.130. The highest BCUT2D eigenvalue weighted by Crippen LogP contribution is 2.48. The van der Waals surface area contributed by atoms with Crippen LogP contribution in [0.4, 0.5) is 0 Å². The summed E-state index contributed by atoms with van der Waals surface area (Å²) in [5.41, 5.74) is 3.01. The number of amides is 1. The smallest absolute Gasteiger partial charge is 0.227 e. The molecule has 1 amide bonds. The van der Waals surface area contributed by atoms with E-state index in [9.17, 15) is 10.1 Å². The molecule has 0 bridgehead atoms. The molecule has 0 spiro atoms. The fourth-order valence-electron chi connectivity index (χ4n) is 3.65. The Morgan fingerprint density at radius 1 is 1.29 bits per heavy atom. The maximum atomic E-state index is 12.7. The zero-order valence-electron chi connectivity index (χ0n) is 14.6. The first-order chi connectivity index (χ1) is 11.5. The van der Waals surface area contributed by atoms with Gasteiger partial charge in [0.15, 0.2) is 11.5 Å². The number of allylic oxidation sites excluding steroid dienone is 1. The highest BCUT2D eigenvalue weighted by Gasteiger charge is 2.43. The topological polar surface area (TPSA) is 62.6 Å². The van der Waals surface area contributed by atoms with E-state index in [4.69, 9.17) is 9.47 Å². The number of fused-ring (bicyclic) bond motifs is 3. The first-order valence-electron chi connectivity index (χ1n) is 8.19. The molecule has 0 saturated heterocycles. The number of benzene rings is 1. The highest BCUT2D eigenvalue weighted by atomic mass is 16.5. The number of carbonyl (C=O) groups is 1. The molecule has 0 saturated carbocycles. The van der Waals surface area contributed by atoms with Crippen LogP contribution in [0.5, 0.6) is 11.5 Å². The summed E-state index contributed by atoms with van der Waals surface area (Å²) < 4.78 is 10.8. The summed E-state index contributed by atoms with van der Waals surface area (Å²) in [6, 6.07) is 6.23. The van der Waals surface area contributed by atoms with Crippen molar-refractivity contribution in [1.29, 1.82) is 5.26 Å². The van der Waals surface area contributed by atoms with E-state index < -0.39 is 5.41 Å². The fourth-order valence-corrected chi connectivity index (χ4v) is 3.65. The Morgan fingerprint density at radius 3 is 2.54 bits per heavy atom. The van der Waals surface area contributed by atoms with Gasteiger partial charge in [-0.05, 0) is 30.5 Å². The minimum atomic E-state index is -0.417. The molecule has 5 nitrogen and oxygen atoms in total. The molecule has 0 radical (unpaired) electrons. The van der Waals surface area contributed by atoms with Crippen LogP contribution in [0, 0.1) is 16.7 Å². The molecule has 1 aromatic rings. The lowest BCUT2D eigenvalue weighted by Crippen LogP contribution is -2.44. The van der Waals surface area contributed by atoms with E-state index in [1.165, 1.54) is 0 Å². The minimum absolute atomic E-state index is 0.0915. The molecule has 3 rings (SSSR count). The van der Waals surface area contributed by atoms with Crippen molar-refractivity contribution in [3.8, 4) is 17.6 Å². The van der Waals surface area contributed by atoms with Gasteiger partial charge in [-0.25, -0.2) is 0 Å². The van der Waals surface area contributed by atoms with Crippen LogP contribution in [-0.4, -0.2) is 31.6 Å². The zero-order chi connectivity index (χ0) is 17.5. The summed E-state index contributed by atoms with van der Waals surface area (Å²) in [7, 11) is 3.20. The molecule has 2 aliphatic heterocycles. The quantitative estimate of drug-likeness (QED) is 0.856. The summed E-state index contributed by atoms with van der Waals surface area (Å²) in [5, 5.41) is 9.83. The predicted octanol–water partition coefficient (Wildman–Crippen LogP) is 3.14. The van der Waals surface area contributed by atoms with Gasteiger partial charge in [-0.1, -0.05) is 13.8 Å². The Morgan fingerprint density at radius 2 is 1.96 bits per heavy atom. The van der Waals surface area contributed by atoms with E-state index in [1.54, 1.807) is 19.1 Å². The normalized spacial score (nSPS) is 22.6. The molecule has 2 aliphatic rings. The molecule has 1 atom stereocenters. The van der Waals surface area contributed by atoms with Crippen molar-refractivity contribution >= 4 is 11.6 Å². The summed E-state index contributed by atoms with van der Waals surface area (Å²) >= 11 is 0. The van der Waals surface area contributed by atoms with Crippen LogP contribution < -0.4 is 9.47 Å². The van der Waals surface area contributed by atoms with Gasteiger partial charge in [-0.3, -0.25) is 4.79 Å². The van der Waals surface area contributed by atoms with Crippen molar-refractivity contribution in [3.05, 3.63) is 28.8 Å². The van der Waals surface area contributed by atoms with Gasteiger partial charge in [0.2, 0.25) is 5.91 Å². The Hall–Kier alpha value is -2.48. The van der Waals surface area contributed by atoms with Gasteiger partial charge in [0.25, 0.3) is 0 Å². The first kappa shape index (κ1) is 16.4. The largest absolute Gasteiger partial charge is 0.493 e. The van der Waals surface area contributed by atoms with Crippen LogP contribution in [0.3, 0.4) is 0 Å². The summed E-state index contributed by atoms with van der Waals surface area (Å²) in [4.78, 5) is 14.4. The molecule has 2 heterocycles. The zero-order valence-corrected chi connectivity index (χ0v) is 14.6. The van der Waals surface area contributed by atoms with Crippen molar-refractivity contribution in [2.75, 3.05) is 20.8 Å². The molecule has 0 fully saturated rings. The van der Waals surface area contributed by atoms with Crippen molar-refractivity contribution in [2.24, 2.45) is 5.41 Å². The number of rotatable bonds is 3. The van der Waals surface area contributed by atoms with Gasteiger partial charge in [0, 0.05) is 23.9 Å². The minimum Gasteiger partial charge on any atom is -0.493 e. The van der Waals surface area contributed by atoms with Gasteiger partial charge in [0.1, 0.15) is 0 Å². The van der Waals surface area contributed by atoms with Crippen molar-refractivity contribution in [1.82, 2.24) is 4.90 Å². The molecule has 5 heteroatoms. The van der Waals surface area contributed by atoms with E-state index in [1.807, 2.05) is 26.0 Å². The van der Waals surface area contributed by atoms with Gasteiger partial charge in [0.05, 0.1) is 31.6 Å². The van der Waals surface area contributed by atoms with E-state index >= 15 is 0 Å². The maximum Gasteiger partial charge on any atom is 0.227 e. The number of nitrogens with zero attached hydrogens (tertiary/aromatic N) is 2. The maximum absolute atomic E-state index is 12.7. The number of methoxy groups -OCH3 is 2. The van der Waals surface area contributed by atoms with E-state index in [0.29, 0.717) is 30.0 Å². The molecule has 1 aromatic carbocycles. The number of carbonyl (C=O) groups excluding carboxylic acids is 1. The number of hydrogen-bond acceptors (Lipinski definition) is 4. The number of nitriles is 1. The van der Waals surface area contributed by atoms with Crippen LogP contribution >= 0.6 is 0 Å². The Labute approximate surface area is 142 Å². The van der Waals surface area contributed by atoms with Crippen molar-refractivity contribution in [3.63, 3.8) is 0 Å². The summed E-state index contributed by atoms with van der Waals surface area (Å²) in [6.07, 6.45) is 1.88. The number of ether oxygens (including phenoxy) is 2. The Bertz CT molecular complexity index is 776. The second-order valence-corrected chi connectivity index (χ2v) is 6.59. The third-order valence-corrected chi connectivity index (χ3v) is 5.31. The van der Waals surface area contributed by atoms with Gasteiger partial charge < -0.3 is 14.4 Å². The summed E-state index contributed by atoms with van der Waals surface area (Å²) in [5.74, 6) is 1.37. The average Bonchev–Trinajstić information content (AvgIpc) is 2.60. The Kier molecular flexibility index (Phi) is 4.00. The molecular formula is C19H22N2O3. The van der Waals surface area contributed by atoms with E-state index in [2.05, 4.69) is 6.07 Å². The molecule has 1 unspecified atom stereocenters. The van der Waals surface area contributed by atoms with E-state index in [0.717, 1.165) is 29.7 Å². The first-order valence-corrected chi connectivity index (χ1v) is 8.19. The third kappa shape index (κ3) is 2.25. The van der Waals surface area contributed by atoms with Crippen LogP contribution in [-0.2, 0) is 11.2 Å². The SMILES string of the molecule is CCC1(C)CC(=O)N2CCc3cc(OC)c(OC)cc3C2=C1C#N. The lowest BCUT2D eigenvalue weighted by atomic mass is 9.71. The van der Waals surface area contributed by atoms with Crippen molar-refractivity contribution in [2.45, 2.75) is 33.1 Å². The standard InChI is InChI=1S/C19H22N2O3/c1-5-19(2)10-17(22)21-7-6-12-8-15(23-3)16(24-4)9-13(12)18(21)14(19)11-20/h8-9H,5-7,10H2,1-4H3. The second kappa shape index (κ2) is 5.86. The van der Waals surface area contributed by atoms with E-state index in [-0.39, 0.29) is 5.91 Å². The molecular weight excluding hydrogens is 304 g/mol. The molecule has 0 aromatic heterocycles. The lowest BCUT2D eigenvalue weighted by Gasteiger charge is -2.42. The second-order valence-electron chi connectivity index (χ2n) is 6.59. The molecule has 126 valence electrons. The van der Waals surface area contributed by atoms with Crippen LogP contribution in [0.1, 0.15) is 37.8 Å². The Balaban J connectivity index is 2.30. The van der Waals surface area contributed by atoms with Gasteiger partial charge >= 0.3 is 0 Å². The molecule has 0 N–H and O–H groups in total. The summed E-state index contributed by atoms with van der Waals surface area (Å²) in [6.45, 7) is 4.63. The average molecular weight is 326 g/mol. The van der Waals surface area contributed by atoms with Crippen LogP contribution in [0.25, 0.3) is 5.70 Å². The molecule has 24 heavy (non-hydrogen) atoms. The van der Waals surface area contributed by atoms with Gasteiger partial charge in [-0.15, -0.1) is 0 Å². The third-order valence-electron chi connectivity index (χ3n) is 5.31. The van der Waals surface area contributed by atoms with Crippen LogP contribution in [0.2, 0.25) is 0 Å². The molecule has 0 aliphatic carbocycles. The van der Waals surface area contributed by atoms with Gasteiger partial charge in [-0.2, -0.15) is 5.26 Å².